The Morgan fingerprint density at radius 2 is 2.03 bits per heavy atom. The van der Waals surface area contributed by atoms with Crippen LogP contribution in [0.15, 0.2) is 41.2 Å². The molecule has 4 heterocycles. The Bertz CT molecular complexity index is 1240. The Labute approximate surface area is 192 Å². The molecule has 3 aromatic heterocycles. The molecule has 0 atom stereocenters. The van der Waals surface area contributed by atoms with Crippen molar-refractivity contribution >= 4 is 22.4 Å². The largest absolute Gasteiger partial charge is 0.381 e. The Morgan fingerprint density at radius 3 is 2.82 bits per heavy atom. The summed E-state index contributed by atoms with van der Waals surface area (Å²) in [6.07, 6.45) is 6.16. The van der Waals surface area contributed by atoms with Crippen LogP contribution in [-0.2, 0) is 17.7 Å². The van der Waals surface area contributed by atoms with Crippen molar-refractivity contribution in [1.82, 2.24) is 24.9 Å². The zero-order chi connectivity index (χ0) is 22.8. The average Bonchev–Trinajstić information content (AvgIpc) is 3.47. The maximum Gasteiger partial charge on any atom is 0.261 e. The van der Waals surface area contributed by atoms with E-state index in [1.807, 2.05) is 37.2 Å². The van der Waals surface area contributed by atoms with E-state index in [0.29, 0.717) is 24.2 Å². The highest BCUT2D eigenvalue weighted by atomic mass is 16.5. The quantitative estimate of drug-likeness (QED) is 0.458. The van der Waals surface area contributed by atoms with Gasteiger partial charge in [-0.1, -0.05) is 17.3 Å². The van der Waals surface area contributed by atoms with Crippen LogP contribution in [0.1, 0.15) is 31.2 Å². The molecule has 0 amide bonds. The van der Waals surface area contributed by atoms with E-state index in [-0.39, 0.29) is 0 Å². The zero-order valence-electron chi connectivity index (χ0n) is 19.3. The van der Waals surface area contributed by atoms with E-state index < -0.39 is 0 Å². The van der Waals surface area contributed by atoms with E-state index in [1.165, 1.54) is 0 Å². The lowest BCUT2D eigenvalue weighted by Gasteiger charge is -2.25. The Morgan fingerprint density at radius 1 is 1.18 bits per heavy atom. The second kappa shape index (κ2) is 9.19. The van der Waals surface area contributed by atoms with E-state index in [9.17, 15) is 0 Å². The van der Waals surface area contributed by atoms with E-state index >= 15 is 0 Å². The van der Waals surface area contributed by atoms with Crippen LogP contribution >= 0.6 is 0 Å². The highest BCUT2D eigenvalue weighted by Gasteiger charge is 2.22. The number of aryl methyl sites for hydroxylation is 1. The molecule has 5 rings (SSSR count). The third kappa shape index (κ3) is 4.41. The van der Waals surface area contributed by atoms with Crippen LogP contribution < -0.4 is 10.2 Å². The summed E-state index contributed by atoms with van der Waals surface area (Å²) >= 11 is 0. The smallest absolute Gasteiger partial charge is 0.261 e. The van der Waals surface area contributed by atoms with Crippen molar-refractivity contribution in [2.24, 2.45) is 0 Å². The molecular weight excluding hydrogens is 418 g/mol. The van der Waals surface area contributed by atoms with Gasteiger partial charge in [-0.3, -0.25) is 0 Å². The van der Waals surface area contributed by atoms with E-state index in [1.54, 1.807) is 0 Å². The number of fused-ring (bicyclic) bond motifs is 1. The van der Waals surface area contributed by atoms with Crippen LogP contribution in [0.25, 0.3) is 22.5 Å². The highest BCUT2D eigenvalue weighted by molar-refractivity contribution is 5.96. The lowest BCUT2D eigenvalue weighted by atomic mass is 10.1. The molecule has 9 heteroatoms. The third-order valence-electron chi connectivity index (χ3n) is 6.02. The minimum absolute atomic E-state index is 0.309. The fourth-order valence-corrected chi connectivity index (χ4v) is 4.18. The van der Waals surface area contributed by atoms with E-state index in [0.717, 1.165) is 66.1 Å². The molecular formula is C24H29N7O2. The van der Waals surface area contributed by atoms with Gasteiger partial charge in [0.1, 0.15) is 0 Å². The number of pyridine rings is 1. The number of benzene rings is 1. The first-order chi connectivity index (χ1) is 16.1. The van der Waals surface area contributed by atoms with Crippen LogP contribution in [0.3, 0.4) is 0 Å². The standard InChI is InChI=1S/C24H29N7O2/c1-4-31-23-19(15-26-31)22(27-17-8-10-32-11-9-17)20(14-25-23)24-28-21(29-33-24)13-16-6-5-7-18(12-16)30(2)3/h5-7,12,14-15,17H,4,8-11,13H2,1-3H3,(H,25,27). The molecule has 1 aliphatic heterocycles. The van der Waals surface area contributed by atoms with Gasteiger partial charge < -0.3 is 19.5 Å². The van der Waals surface area contributed by atoms with Gasteiger partial charge in [0.05, 0.1) is 22.8 Å². The minimum Gasteiger partial charge on any atom is -0.381 e. The second-order valence-corrected chi connectivity index (χ2v) is 8.53. The number of rotatable bonds is 7. The van der Waals surface area contributed by atoms with Gasteiger partial charge in [0.2, 0.25) is 0 Å². The SMILES string of the molecule is CCn1ncc2c(NC3CCOCC3)c(-c3nc(Cc4cccc(N(C)C)c4)no3)cnc21. The molecule has 1 aliphatic rings. The Hall–Kier alpha value is -3.46. The zero-order valence-corrected chi connectivity index (χ0v) is 19.3. The van der Waals surface area contributed by atoms with Crippen molar-refractivity contribution < 1.29 is 9.26 Å². The highest BCUT2D eigenvalue weighted by Crippen LogP contribution is 2.34. The number of nitrogens with one attached hydrogen (secondary N) is 1. The first-order valence-electron chi connectivity index (χ1n) is 11.4. The maximum atomic E-state index is 5.71. The van der Waals surface area contributed by atoms with Gasteiger partial charge in [-0.05, 0) is 37.5 Å². The third-order valence-corrected chi connectivity index (χ3v) is 6.02. The summed E-state index contributed by atoms with van der Waals surface area (Å²) in [5.74, 6) is 1.10. The van der Waals surface area contributed by atoms with Crippen molar-refractivity contribution in [3.63, 3.8) is 0 Å². The van der Waals surface area contributed by atoms with Crippen molar-refractivity contribution in [1.29, 1.82) is 0 Å². The molecule has 0 bridgehead atoms. The molecule has 172 valence electrons. The molecule has 9 nitrogen and oxygen atoms in total. The molecule has 0 radical (unpaired) electrons. The summed E-state index contributed by atoms with van der Waals surface area (Å²) in [7, 11) is 4.06. The summed E-state index contributed by atoms with van der Waals surface area (Å²) in [6, 6.07) is 8.65. The molecule has 1 saturated heterocycles. The molecule has 0 aliphatic carbocycles. The van der Waals surface area contributed by atoms with E-state index in [2.05, 4.69) is 50.6 Å². The number of hydrogen-bond acceptors (Lipinski definition) is 8. The van der Waals surface area contributed by atoms with E-state index in [4.69, 9.17) is 14.2 Å². The fraction of sp³-hybridized carbons (Fsp3) is 0.417. The number of hydrogen-bond donors (Lipinski definition) is 1. The van der Waals surface area contributed by atoms with Gasteiger partial charge in [-0.2, -0.15) is 10.1 Å². The normalized spacial score (nSPS) is 14.6. The molecule has 1 N–H and O–H groups in total. The summed E-state index contributed by atoms with van der Waals surface area (Å²) in [6.45, 7) is 4.32. The minimum atomic E-state index is 0.309. The Balaban J connectivity index is 1.48. The van der Waals surface area contributed by atoms with Crippen LogP contribution in [-0.4, -0.2) is 58.3 Å². The fourth-order valence-electron chi connectivity index (χ4n) is 4.18. The monoisotopic (exact) mass is 447 g/mol. The van der Waals surface area contributed by atoms with Crippen molar-refractivity contribution in [3.05, 3.63) is 48.0 Å². The van der Waals surface area contributed by atoms with Crippen LogP contribution in [0.2, 0.25) is 0 Å². The summed E-state index contributed by atoms with van der Waals surface area (Å²) in [5, 5.41) is 13.4. The van der Waals surface area contributed by atoms with Crippen molar-refractivity contribution in [2.45, 2.75) is 38.8 Å². The van der Waals surface area contributed by atoms with Crippen LogP contribution in [0.5, 0.6) is 0 Å². The lowest BCUT2D eigenvalue weighted by Crippen LogP contribution is -2.28. The van der Waals surface area contributed by atoms with Gasteiger partial charge in [-0.25, -0.2) is 9.67 Å². The van der Waals surface area contributed by atoms with Gasteiger partial charge in [0, 0.05) is 58.2 Å². The van der Waals surface area contributed by atoms with Gasteiger partial charge >= 0.3 is 0 Å². The van der Waals surface area contributed by atoms with Gasteiger partial charge in [-0.15, -0.1) is 0 Å². The summed E-state index contributed by atoms with van der Waals surface area (Å²) in [5.41, 5.74) is 4.85. The number of anilines is 2. The van der Waals surface area contributed by atoms with Crippen molar-refractivity contribution in [2.75, 3.05) is 37.5 Å². The first kappa shape index (κ1) is 21.4. The van der Waals surface area contributed by atoms with Crippen molar-refractivity contribution in [3.8, 4) is 11.5 Å². The molecule has 1 fully saturated rings. The molecule has 33 heavy (non-hydrogen) atoms. The van der Waals surface area contributed by atoms with Crippen LogP contribution in [0.4, 0.5) is 11.4 Å². The average molecular weight is 448 g/mol. The second-order valence-electron chi connectivity index (χ2n) is 8.53. The number of nitrogens with zero attached hydrogens (tertiary/aromatic N) is 6. The predicted molar refractivity (Wildman–Crippen MR) is 128 cm³/mol. The Kier molecular flexibility index (Phi) is 5.95. The summed E-state index contributed by atoms with van der Waals surface area (Å²) in [4.78, 5) is 11.5. The van der Waals surface area contributed by atoms with Crippen LogP contribution in [0, 0.1) is 0 Å². The molecule has 1 aromatic carbocycles. The lowest BCUT2D eigenvalue weighted by molar-refractivity contribution is 0.0905. The van der Waals surface area contributed by atoms with Gasteiger partial charge in [0.25, 0.3) is 5.89 Å². The number of aromatic nitrogens is 5. The predicted octanol–water partition coefficient (Wildman–Crippen LogP) is 3.75. The summed E-state index contributed by atoms with van der Waals surface area (Å²) < 4.78 is 13.1. The topological polar surface area (TPSA) is 94.1 Å². The van der Waals surface area contributed by atoms with Gasteiger partial charge in [0.15, 0.2) is 11.5 Å². The molecule has 0 saturated carbocycles. The molecule has 4 aromatic rings. The first-order valence-corrected chi connectivity index (χ1v) is 11.4. The maximum absolute atomic E-state index is 5.71. The number of ether oxygens (including phenoxy) is 1. The molecule has 0 unspecified atom stereocenters. The molecule has 0 spiro atoms.